The van der Waals surface area contributed by atoms with E-state index in [9.17, 15) is 18.0 Å². The molecule has 1 saturated heterocycles. The number of rotatable bonds is 5. The Bertz CT molecular complexity index is 771. The van der Waals surface area contributed by atoms with Gasteiger partial charge in [0, 0.05) is 13.1 Å². The van der Waals surface area contributed by atoms with Gasteiger partial charge in [-0.05, 0) is 52.7 Å². The summed E-state index contributed by atoms with van der Waals surface area (Å²) in [5, 5.41) is 0. The molecule has 0 saturated carbocycles. The van der Waals surface area contributed by atoms with Crippen LogP contribution in [0.1, 0.15) is 39.2 Å². The van der Waals surface area contributed by atoms with Crippen LogP contribution >= 0.6 is 0 Å². The van der Waals surface area contributed by atoms with Gasteiger partial charge in [0.15, 0.2) is 6.61 Å². The van der Waals surface area contributed by atoms with E-state index in [1.54, 1.807) is 45.0 Å². The van der Waals surface area contributed by atoms with Crippen molar-refractivity contribution in [3.63, 3.8) is 0 Å². The predicted octanol–water partition coefficient (Wildman–Crippen LogP) is 2.28. The van der Waals surface area contributed by atoms with Gasteiger partial charge in [-0.25, -0.2) is 13.2 Å². The zero-order chi connectivity index (χ0) is 20.2. The summed E-state index contributed by atoms with van der Waals surface area (Å²) >= 11 is 0. The number of carbonyl (C=O) groups excluding carboxylic acids is 2. The Labute approximate surface area is 160 Å². The van der Waals surface area contributed by atoms with Crippen molar-refractivity contribution in [2.75, 3.05) is 19.7 Å². The van der Waals surface area contributed by atoms with Gasteiger partial charge in [-0.3, -0.25) is 4.79 Å². The molecule has 0 aliphatic carbocycles. The second-order valence-corrected chi connectivity index (χ2v) is 9.62. The fourth-order valence-corrected chi connectivity index (χ4v) is 4.28. The van der Waals surface area contributed by atoms with Crippen LogP contribution in [-0.4, -0.2) is 50.0 Å². The van der Waals surface area contributed by atoms with Crippen LogP contribution in [0, 0.1) is 12.8 Å². The van der Waals surface area contributed by atoms with Gasteiger partial charge in [0.25, 0.3) is 0 Å². The molecule has 0 N–H and O–H groups in total. The maximum Gasteiger partial charge on any atom is 0.344 e. The quantitative estimate of drug-likeness (QED) is 0.708. The average Bonchev–Trinajstić information content (AvgIpc) is 2.58. The lowest BCUT2D eigenvalue weighted by molar-refractivity contribution is -0.168. The second-order valence-electron chi connectivity index (χ2n) is 7.69. The van der Waals surface area contributed by atoms with E-state index in [1.807, 2.05) is 6.92 Å². The lowest BCUT2D eigenvalue weighted by atomic mass is 9.98. The summed E-state index contributed by atoms with van der Waals surface area (Å²) in [5.41, 5.74) is 0.347. The zero-order valence-corrected chi connectivity index (χ0v) is 17.0. The highest BCUT2D eigenvalue weighted by Gasteiger charge is 2.33. The van der Waals surface area contributed by atoms with Crippen LogP contribution in [0.4, 0.5) is 0 Å². The molecule has 1 aromatic carbocycles. The van der Waals surface area contributed by atoms with Crippen LogP contribution in [0.2, 0.25) is 0 Å². The van der Waals surface area contributed by atoms with E-state index in [0.717, 1.165) is 5.56 Å². The minimum atomic E-state index is -3.57. The van der Waals surface area contributed by atoms with Gasteiger partial charge in [-0.1, -0.05) is 17.7 Å². The number of aryl methyl sites for hydroxylation is 1. The third kappa shape index (κ3) is 6.04. The number of piperidine rings is 1. The van der Waals surface area contributed by atoms with Crippen LogP contribution in [0.15, 0.2) is 29.2 Å². The first-order valence-electron chi connectivity index (χ1n) is 8.94. The molecule has 0 aromatic heterocycles. The van der Waals surface area contributed by atoms with E-state index in [-0.39, 0.29) is 18.0 Å². The lowest BCUT2D eigenvalue weighted by Crippen LogP contribution is -2.41. The number of sulfonamides is 1. The third-order valence-corrected chi connectivity index (χ3v) is 6.11. The Morgan fingerprint density at radius 2 is 1.67 bits per heavy atom. The molecule has 27 heavy (non-hydrogen) atoms. The SMILES string of the molecule is Cc1ccc(S(=O)(=O)N2CCC(C(=O)OCC(=O)OC(C)(C)C)CC2)cc1. The molecular formula is C19H27NO6S. The van der Waals surface area contributed by atoms with Crippen molar-refractivity contribution in [2.45, 2.75) is 51.0 Å². The van der Waals surface area contributed by atoms with Gasteiger partial charge in [-0.15, -0.1) is 0 Å². The molecule has 0 amide bonds. The smallest absolute Gasteiger partial charge is 0.344 e. The number of ether oxygens (including phenoxy) is 2. The number of hydrogen-bond acceptors (Lipinski definition) is 6. The molecule has 0 unspecified atom stereocenters. The third-order valence-electron chi connectivity index (χ3n) is 4.20. The normalized spacial score (nSPS) is 16.7. The molecule has 0 spiro atoms. The molecule has 1 aromatic rings. The summed E-state index contributed by atoms with van der Waals surface area (Å²) < 4.78 is 36.8. The number of nitrogens with zero attached hydrogens (tertiary/aromatic N) is 1. The first kappa shape index (κ1) is 21.4. The first-order chi connectivity index (χ1) is 12.5. The molecule has 0 atom stereocenters. The summed E-state index contributed by atoms with van der Waals surface area (Å²) in [5.74, 6) is -1.51. The molecule has 1 aliphatic rings. The van der Waals surface area contributed by atoms with Gasteiger partial charge in [0.05, 0.1) is 10.8 Å². The van der Waals surface area contributed by atoms with Crippen molar-refractivity contribution in [2.24, 2.45) is 5.92 Å². The highest BCUT2D eigenvalue weighted by atomic mass is 32.2. The number of esters is 2. The van der Waals surface area contributed by atoms with E-state index in [1.165, 1.54) is 4.31 Å². The Morgan fingerprint density at radius 1 is 1.11 bits per heavy atom. The van der Waals surface area contributed by atoms with Gasteiger partial charge >= 0.3 is 11.9 Å². The van der Waals surface area contributed by atoms with E-state index >= 15 is 0 Å². The Balaban J connectivity index is 1.86. The van der Waals surface area contributed by atoms with Crippen LogP contribution in [0.5, 0.6) is 0 Å². The van der Waals surface area contributed by atoms with Crippen LogP contribution in [-0.2, 0) is 29.1 Å². The summed E-state index contributed by atoms with van der Waals surface area (Å²) in [4.78, 5) is 24.0. The maximum atomic E-state index is 12.7. The van der Waals surface area contributed by atoms with E-state index < -0.39 is 40.1 Å². The predicted molar refractivity (Wildman–Crippen MR) is 99.5 cm³/mol. The topological polar surface area (TPSA) is 90.0 Å². The molecule has 8 heteroatoms. The minimum absolute atomic E-state index is 0.239. The summed E-state index contributed by atoms with van der Waals surface area (Å²) in [7, 11) is -3.57. The first-order valence-corrected chi connectivity index (χ1v) is 10.4. The monoisotopic (exact) mass is 397 g/mol. The zero-order valence-electron chi connectivity index (χ0n) is 16.2. The second kappa shape index (κ2) is 8.39. The highest BCUT2D eigenvalue weighted by Crippen LogP contribution is 2.25. The number of benzene rings is 1. The number of hydrogen-bond donors (Lipinski definition) is 0. The minimum Gasteiger partial charge on any atom is -0.457 e. The molecule has 1 fully saturated rings. The van der Waals surface area contributed by atoms with Crippen molar-refractivity contribution in [1.82, 2.24) is 4.31 Å². The summed E-state index contributed by atoms with van der Waals surface area (Å²) in [6.07, 6.45) is 0.719. The van der Waals surface area contributed by atoms with Gasteiger partial charge in [0.1, 0.15) is 5.60 Å². The molecule has 150 valence electrons. The van der Waals surface area contributed by atoms with E-state index in [4.69, 9.17) is 9.47 Å². The molecule has 0 bridgehead atoms. The summed E-state index contributed by atoms with van der Waals surface area (Å²) in [6, 6.07) is 6.69. The van der Waals surface area contributed by atoms with Crippen molar-refractivity contribution in [1.29, 1.82) is 0 Å². The molecule has 1 aliphatic heterocycles. The van der Waals surface area contributed by atoms with Crippen LogP contribution < -0.4 is 0 Å². The standard InChI is InChI=1S/C19H27NO6S/c1-14-5-7-16(8-6-14)27(23,24)20-11-9-15(10-12-20)18(22)25-13-17(21)26-19(2,3)4/h5-8,15H,9-13H2,1-4H3. The van der Waals surface area contributed by atoms with Gasteiger partial charge in [0.2, 0.25) is 10.0 Å². The average molecular weight is 397 g/mol. The van der Waals surface area contributed by atoms with Gasteiger partial charge in [-0.2, -0.15) is 4.31 Å². The fraction of sp³-hybridized carbons (Fsp3) is 0.579. The summed E-state index contributed by atoms with van der Waals surface area (Å²) in [6.45, 7) is 7.14. The highest BCUT2D eigenvalue weighted by molar-refractivity contribution is 7.89. The molecule has 2 rings (SSSR count). The van der Waals surface area contributed by atoms with Crippen molar-refractivity contribution in [3.05, 3.63) is 29.8 Å². The van der Waals surface area contributed by atoms with Crippen molar-refractivity contribution >= 4 is 22.0 Å². The largest absolute Gasteiger partial charge is 0.457 e. The Morgan fingerprint density at radius 3 is 2.19 bits per heavy atom. The van der Waals surface area contributed by atoms with E-state index in [0.29, 0.717) is 12.8 Å². The van der Waals surface area contributed by atoms with Gasteiger partial charge < -0.3 is 9.47 Å². The van der Waals surface area contributed by atoms with Crippen LogP contribution in [0.3, 0.4) is 0 Å². The Hall–Kier alpha value is -1.93. The lowest BCUT2D eigenvalue weighted by Gasteiger charge is -2.30. The molecular weight excluding hydrogens is 370 g/mol. The molecule has 7 nitrogen and oxygen atoms in total. The molecule has 0 radical (unpaired) electrons. The van der Waals surface area contributed by atoms with Crippen molar-refractivity contribution in [3.8, 4) is 0 Å². The fourth-order valence-electron chi connectivity index (χ4n) is 2.81. The maximum absolute atomic E-state index is 12.7. The van der Waals surface area contributed by atoms with Crippen molar-refractivity contribution < 1.29 is 27.5 Å². The molecule has 1 heterocycles. The number of carbonyl (C=O) groups is 2. The Kier molecular flexibility index (Phi) is 6.64. The van der Waals surface area contributed by atoms with Crippen LogP contribution in [0.25, 0.3) is 0 Å². The van der Waals surface area contributed by atoms with E-state index in [2.05, 4.69) is 0 Å².